The highest BCUT2D eigenvalue weighted by atomic mass is 28.4. The molecule has 0 aromatic carbocycles. The van der Waals surface area contributed by atoms with Gasteiger partial charge in [0.05, 0.1) is 0 Å². The van der Waals surface area contributed by atoms with Crippen molar-refractivity contribution in [2.24, 2.45) is 0 Å². The molecule has 0 bridgehead atoms. The number of hydrogen-bond donors (Lipinski definition) is 0. The number of aryl methyl sites for hydroxylation is 2. The zero-order valence-electron chi connectivity index (χ0n) is 14.1. The minimum atomic E-state index is -1.79. The Balaban J connectivity index is 2.53. The summed E-state index contributed by atoms with van der Waals surface area (Å²) in [5.74, 6) is 1.11. The highest BCUT2D eigenvalue weighted by Crippen LogP contribution is 2.42. The van der Waals surface area contributed by atoms with Crippen LogP contribution in [-0.4, -0.2) is 8.32 Å². The predicted octanol–water partition coefficient (Wildman–Crippen LogP) is 5.82. The van der Waals surface area contributed by atoms with Gasteiger partial charge >= 0.3 is 0 Å². The molecule has 0 N–H and O–H groups in total. The lowest BCUT2D eigenvalue weighted by atomic mass is 9.99. The van der Waals surface area contributed by atoms with Crippen LogP contribution in [0.2, 0.25) is 18.1 Å². The van der Waals surface area contributed by atoms with Crippen molar-refractivity contribution in [1.29, 1.82) is 0 Å². The third kappa shape index (κ3) is 2.54. The number of benzene rings is 1. The largest absolute Gasteiger partial charge is 0.601 e. The molecule has 0 amide bonds. The molecule has 1 nitrogen and oxygen atoms in total. The summed E-state index contributed by atoms with van der Waals surface area (Å²) < 4.78 is 6.58. The van der Waals surface area contributed by atoms with Crippen LogP contribution in [0.25, 0.3) is 11.1 Å². The molecule has 0 aromatic heterocycles. The van der Waals surface area contributed by atoms with E-state index in [0.29, 0.717) is 0 Å². The van der Waals surface area contributed by atoms with Crippen LogP contribution in [0.5, 0.6) is 5.75 Å². The van der Waals surface area contributed by atoms with Gasteiger partial charge in [-0.2, -0.15) is 6.07 Å². The summed E-state index contributed by atoms with van der Waals surface area (Å²) in [5, 5.41) is 0.225. The zero-order chi connectivity index (χ0) is 15.3. The molecule has 2 heteroatoms. The molecule has 0 heterocycles. The lowest BCUT2D eigenvalue weighted by Gasteiger charge is -2.41. The fourth-order valence-electron chi connectivity index (χ4n) is 2.40. The molecule has 0 aliphatic heterocycles. The van der Waals surface area contributed by atoms with Crippen LogP contribution in [0.4, 0.5) is 0 Å². The predicted molar refractivity (Wildman–Crippen MR) is 90.7 cm³/mol. The van der Waals surface area contributed by atoms with E-state index in [2.05, 4.69) is 72.8 Å². The summed E-state index contributed by atoms with van der Waals surface area (Å²) in [5.41, 5.74) is 6.54. The molecule has 0 atom stereocenters. The minimum absolute atomic E-state index is 0.225. The molecule has 2 rings (SSSR count). The first kappa shape index (κ1) is 15.2. The van der Waals surface area contributed by atoms with Gasteiger partial charge in [0, 0.05) is 0 Å². The SMILES string of the molecule is Cc1cc2cc(C)[c-](O[Si](C)(C)C(C)(C)C)c(C)c-2c1. The Morgan fingerprint density at radius 1 is 1.00 bits per heavy atom. The van der Waals surface area contributed by atoms with Gasteiger partial charge in [-0.05, 0) is 30.8 Å². The van der Waals surface area contributed by atoms with E-state index in [1.54, 1.807) is 0 Å². The summed E-state index contributed by atoms with van der Waals surface area (Å²) in [4.78, 5) is 0. The van der Waals surface area contributed by atoms with Gasteiger partial charge in [-0.25, -0.2) is 0 Å². The van der Waals surface area contributed by atoms with Crippen molar-refractivity contribution < 1.29 is 4.43 Å². The Bertz CT molecular complexity index is 599. The van der Waals surface area contributed by atoms with Crippen molar-refractivity contribution in [3.63, 3.8) is 0 Å². The summed E-state index contributed by atoms with van der Waals surface area (Å²) >= 11 is 0. The number of rotatable bonds is 2. The van der Waals surface area contributed by atoms with Gasteiger partial charge in [0.1, 0.15) is 0 Å². The molecule has 20 heavy (non-hydrogen) atoms. The topological polar surface area (TPSA) is 9.23 Å². The van der Waals surface area contributed by atoms with Crippen LogP contribution >= 0.6 is 0 Å². The average molecular weight is 287 g/mol. The normalized spacial score (nSPS) is 13.0. The van der Waals surface area contributed by atoms with Crippen LogP contribution in [-0.2, 0) is 0 Å². The van der Waals surface area contributed by atoms with Crippen molar-refractivity contribution in [2.45, 2.75) is 59.7 Å². The molecule has 0 saturated carbocycles. The van der Waals surface area contributed by atoms with E-state index >= 15 is 0 Å². The third-order valence-corrected chi connectivity index (χ3v) is 9.03. The quantitative estimate of drug-likeness (QED) is 0.499. The molecule has 0 saturated heterocycles. The second-order valence-corrected chi connectivity index (χ2v) is 12.3. The first-order chi connectivity index (χ1) is 9.03. The summed E-state index contributed by atoms with van der Waals surface area (Å²) in [6.45, 7) is 18.0. The molecule has 2 aliphatic carbocycles. The van der Waals surface area contributed by atoms with Crippen LogP contribution < -0.4 is 4.43 Å². The van der Waals surface area contributed by atoms with E-state index in [0.717, 1.165) is 5.75 Å². The third-order valence-electron chi connectivity index (χ3n) is 4.70. The molecular formula is C18H27OSi-. The van der Waals surface area contributed by atoms with Crippen LogP contribution in [0, 0.1) is 20.8 Å². The summed E-state index contributed by atoms with van der Waals surface area (Å²) in [7, 11) is -1.79. The maximum Gasteiger partial charge on any atom is 0.233 e. The molecule has 2 aliphatic rings. The summed E-state index contributed by atoms with van der Waals surface area (Å²) in [6, 6.07) is 6.78. The second-order valence-electron chi connectivity index (χ2n) is 7.55. The van der Waals surface area contributed by atoms with Crippen LogP contribution in [0.15, 0.2) is 18.2 Å². The van der Waals surface area contributed by atoms with Gasteiger partial charge in [0.15, 0.2) is 0 Å². The van der Waals surface area contributed by atoms with E-state index in [4.69, 9.17) is 4.43 Å². The van der Waals surface area contributed by atoms with Crippen molar-refractivity contribution in [1.82, 2.24) is 0 Å². The number of hydrogen-bond acceptors (Lipinski definition) is 1. The van der Waals surface area contributed by atoms with Gasteiger partial charge in [-0.15, -0.1) is 28.3 Å². The van der Waals surface area contributed by atoms with E-state index in [1.807, 2.05) is 0 Å². The van der Waals surface area contributed by atoms with Crippen molar-refractivity contribution in [2.75, 3.05) is 0 Å². The van der Waals surface area contributed by atoms with Crippen molar-refractivity contribution in [3.8, 4) is 16.9 Å². The maximum atomic E-state index is 6.58. The fraction of sp³-hybridized carbons (Fsp3) is 0.500. The lowest BCUT2D eigenvalue weighted by Crippen LogP contribution is -2.44. The Kier molecular flexibility index (Phi) is 3.58. The Morgan fingerprint density at radius 2 is 1.60 bits per heavy atom. The van der Waals surface area contributed by atoms with Crippen molar-refractivity contribution >= 4 is 8.32 Å². The zero-order valence-corrected chi connectivity index (χ0v) is 15.1. The highest BCUT2D eigenvalue weighted by molar-refractivity contribution is 6.74. The minimum Gasteiger partial charge on any atom is -0.601 e. The van der Waals surface area contributed by atoms with Gasteiger partial charge in [0.25, 0.3) is 0 Å². The van der Waals surface area contributed by atoms with Crippen LogP contribution in [0.3, 0.4) is 0 Å². The van der Waals surface area contributed by atoms with E-state index in [9.17, 15) is 0 Å². The lowest BCUT2D eigenvalue weighted by molar-refractivity contribution is 0.486. The fourth-order valence-corrected chi connectivity index (χ4v) is 3.53. The van der Waals surface area contributed by atoms with Crippen LogP contribution in [0.1, 0.15) is 37.5 Å². The summed E-state index contributed by atoms with van der Waals surface area (Å²) in [6.07, 6.45) is 0. The van der Waals surface area contributed by atoms with E-state index in [-0.39, 0.29) is 5.04 Å². The van der Waals surface area contributed by atoms with E-state index in [1.165, 1.54) is 27.8 Å². The Hall–Kier alpha value is -1.15. The molecule has 0 fully saturated rings. The van der Waals surface area contributed by atoms with Gasteiger partial charge in [0.2, 0.25) is 8.32 Å². The molecule has 110 valence electrons. The first-order valence-corrected chi connectivity index (χ1v) is 10.3. The smallest absolute Gasteiger partial charge is 0.233 e. The Morgan fingerprint density at radius 3 is 2.15 bits per heavy atom. The standard InChI is InChI=1S/C18H27OSi/c1-12-9-15-11-13(2)17(14(3)16(15)10-12)19-20(7,8)18(4,5)6/h9-11H,1-8H3/q-1. The highest BCUT2D eigenvalue weighted by Gasteiger charge is 2.38. The molecule has 0 unspecified atom stereocenters. The van der Waals surface area contributed by atoms with Gasteiger partial charge in [-0.3, -0.25) is 0 Å². The van der Waals surface area contributed by atoms with Gasteiger partial charge < -0.3 is 4.43 Å². The first-order valence-electron chi connectivity index (χ1n) is 7.39. The molecule has 0 spiro atoms. The van der Waals surface area contributed by atoms with Crippen molar-refractivity contribution in [3.05, 3.63) is 34.9 Å². The monoisotopic (exact) mass is 287 g/mol. The molecule has 0 radical (unpaired) electrons. The maximum absolute atomic E-state index is 6.58. The molecule has 0 aromatic rings. The van der Waals surface area contributed by atoms with Gasteiger partial charge in [-0.1, -0.05) is 46.2 Å². The molecular weight excluding hydrogens is 260 g/mol. The number of fused-ring (bicyclic) bond motifs is 1. The second kappa shape index (κ2) is 4.69. The Labute approximate surface area is 124 Å². The van der Waals surface area contributed by atoms with E-state index < -0.39 is 8.32 Å². The average Bonchev–Trinajstić information content (AvgIpc) is 2.63.